The van der Waals surface area contributed by atoms with Crippen LogP contribution in [0.25, 0.3) is 0 Å². The van der Waals surface area contributed by atoms with E-state index in [0.717, 1.165) is 0 Å². The van der Waals surface area contributed by atoms with E-state index in [4.69, 9.17) is 0 Å². The maximum Gasteiger partial charge on any atom is 0.446 e. The number of pyridine rings is 1. The molecule has 1 heterocycles. The second-order valence-electron chi connectivity index (χ2n) is 2.25. The minimum Gasteiger partial charge on any atom is -0.208 e. The smallest absolute Gasteiger partial charge is 0.208 e. The molecule has 0 aliphatic rings. The van der Waals surface area contributed by atoms with Crippen LogP contribution >= 0.6 is 11.8 Å². The van der Waals surface area contributed by atoms with E-state index in [9.17, 15) is 13.2 Å². The predicted molar refractivity (Wildman–Crippen MR) is 39.5 cm³/mol. The van der Waals surface area contributed by atoms with Crippen molar-refractivity contribution in [2.75, 3.05) is 0 Å². The summed E-state index contributed by atoms with van der Waals surface area (Å²) >= 11 is -0.104. The summed E-state index contributed by atoms with van der Waals surface area (Å²) in [5.41, 5.74) is -4.19. The molecule has 0 unspecified atom stereocenters. The van der Waals surface area contributed by atoms with Gasteiger partial charge >= 0.3 is 5.51 Å². The van der Waals surface area contributed by atoms with Gasteiger partial charge in [-0.2, -0.15) is 13.2 Å². The first-order valence-corrected chi connectivity index (χ1v) is 4.00. The van der Waals surface area contributed by atoms with Crippen molar-refractivity contribution in [2.45, 2.75) is 10.4 Å². The summed E-state index contributed by atoms with van der Waals surface area (Å²) in [5.74, 6) is 0. The minimum absolute atomic E-state index is 0.104. The van der Waals surface area contributed by atoms with Gasteiger partial charge in [-0.1, -0.05) is 0 Å². The van der Waals surface area contributed by atoms with Crippen molar-refractivity contribution in [3.8, 4) is 0 Å². The lowest BCUT2D eigenvalue weighted by atomic mass is 10.5. The summed E-state index contributed by atoms with van der Waals surface area (Å²) in [6, 6.07) is 2.86. The zero-order valence-electron chi connectivity index (χ0n) is 6.30. The maximum absolute atomic E-state index is 11.8. The lowest BCUT2D eigenvalue weighted by molar-refractivity contribution is -0.671. The van der Waals surface area contributed by atoms with Gasteiger partial charge in [0.25, 0.3) is 0 Å². The third-order valence-corrected chi connectivity index (χ3v) is 1.92. The molecule has 1 nitrogen and oxygen atoms in total. The molecule has 0 aliphatic heterocycles. The first kappa shape index (κ1) is 9.38. The molecule has 0 radical (unpaired) electrons. The summed E-state index contributed by atoms with van der Waals surface area (Å²) in [5, 5.41) is 0. The van der Waals surface area contributed by atoms with Crippen LogP contribution in [-0.4, -0.2) is 5.51 Å². The van der Waals surface area contributed by atoms with Gasteiger partial charge in [0.05, 0.1) is 0 Å². The molecule has 12 heavy (non-hydrogen) atoms. The maximum atomic E-state index is 11.8. The Bertz CT molecular complexity index is 254. The molecule has 0 saturated heterocycles. The normalized spacial score (nSPS) is 11.7. The quantitative estimate of drug-likeness (QED) is 0.489. The fourth-order valence-corrected chi connectivity index (χ4v) is 1.21. The van der Waals surface area contributed by atoms with Gasteiger partial charge in [-0.15, -0.1) is 0 Å². The highest BCUT2D eigenvalue weighted by Gasteiger charge is 2.29. The van der Waals surface area contributed by atoms with Crippen LogP contribution in [0.2, 0.25) is 0 Å². The van der Waals surface area contributed by atoms with E-state index in [2.05, 4.69) is 0 Å². The molecule has 1 aromatic rings. The zero-order chi connectivity index (χ0) is 9.19. The summed E-state index contributed by atoms with van der Waals surface area (Å²) in [6.07, 6.45) is 3.15. The van der Waals surface area contributed by atoms with E-state index in [1.54, 1.807) is 24.0 Å². The van der Waals surface area contributed by atoms with E-state index >= 15 is 0 Å². The Balaban J connectivity index is 2.71. The molecule has 1 aromatic heterocycles. The summed E-state index contributed by atoms with van der Waals surface area (Å²) < 4.78 is 37.1. The highest BCUT2D eigenvalue weighted by Crippen LogP contribution is 2.35. The number of aryl methyl sites for hydroxylation is 1. The Morgan fingerprint density at radius 2 is 1.75 bits per heavy atom. The molecule has 5 heteroatoms. The van der Waals surface area contributed by atoms with Gasteiger partial charge in [0.2, 0.25) is 0 Å². The molecule has 0 N–H and O–H groups in total. The van der Waals surface area contributed by atoms with Crippen molar-refractivity contribution in [3.63, 3.8) is 0 Å². The SMILES string of the molecule is C[n+]1ccc(SC(F)(F)F)cc1. The number of nitrogens with zero attached hydrogens (tertiary/aromatic N) is 1. The van der Waals surface area contributed by atoms with E-state index in [-0.39, 0.29) is 16.7 Å². The molecule has 0 fully saturated rings. The summed E-state index contributed by atoms with van der Waals surface area (Å²) in [7, 11) is 1.75. The number of hydrogen-bond acceptors (Lipinski definition) is 1. The monoisotopic (exact) mass is 194 g/mol. The van der Waals surface area contributed by atoms with Crippen molar-refractivity contribution < 1.29 is 17.7 Å². The van der Waals surface area contributed by atoms with Gasteiger partial charge in [0.1, 0.15) is 7.05 Å². The minimum atomic E-state index is -4.19. The van der Waals surface area contributed by atoms with Gasteiger partial charge in [0, 0.05) is 17.0 Å². The number of aromatic nitrogens is 1. The molecular formula is C7H7F3NS+. The van der Waals surface area contributed by atoms with Crippen molar-refractivity contribution in [3.05, 3.63) is 24.5 Å². The van der Waals surface area contributed by atoms with Crippen LogP contribution in [0.1, 0.15) is 0 Å². The van der Waals surface area contributed by atoms with Crippen LogP contribution in [0.3, 0.4) is 0 Å². The Hall–Kier alpha value is -0.710. The number of rotatable bonds is 1. The second kappa shape index (κ2) is 3.35. The number of halogens is 3. The molecule has 0 amide bonds. The van der Waals surface area contributed by atoms with E-state index in [0.29, 0.717) is 0 Å². The Labute approximate surface area is 72.2 Å². The Morgan fingerprint density at radius 3 is 2.17 bits per heavy atom. The lowest BCUT2D eigenvalue weighted by Crippen LogP contribution is -2.25. The predicted octanol–water partition coefficient (Wildman–Crippen LogP) is 2.12. The summed E-state index contributed by atoms with van der Waals surface area (Å²) in [6.45, 7) is 0. The highest BCUT2D eigenvalue weighted by atomic mass is 32.2. The molecule has 0 aliphatic carbocycles. The zero-order valence-corrected chi connectivity index (χ0v) is 7.12. The molecular weight excluding hydrogens is 187 g/mol. The first-order valence-electron chi connectivity index (χ1n) is 3.18. The fraction of sp³-hybridized carbons (Fsp3) is 0.286. The van der Waals surface area contributed by atoms with Crippen molar-refractivity contribution in [2.24, 2.45) is 7.05 Å². The molecule has 0 spiro atoms. The average Bonchev–Trinajstić information content (AvgIpc) is 1.91. The first-order chi connectivity index (χ1) is 5.47. The van der Waals surface area contributed by atoms with Crippen LogP contribution in [0.4, 0.5) is 13.2 Å². The number of thioether (sulfide) groups is 1. The fourth-order valence-electron chi connectivity index (χ4n) is 0.689. The van der Waals surface area contributed by atoms with E-state index in [1.807, 2.05) is 0 Å². The van der Waals surface area contributed by atoms with Gasteiger partial charge in [-0.25, -0.2) is 4.57 Å². The van der Waals surface area contributed by atoms with Gasteiger partial charge in [-0.05, 0) is 11.8 Å². The van der Waals surface area contributed by atoms with E-state index in [1.165, 1.54) is 12.1 Å². The molecule has 1 rings (SSSR count). The van der Waals surface area contributed by atoms with E-state index < -0.39 is 5.51 Å². The van der Waals surface area contributed by atoms with Crippen LogP contribution in [0.5, 0.6) is 0 Å². The second-order valence-corrected chi connectivity index (χ2v) is 3.39. The van der Waals surface area contributed by atoms with Gasteiger partial charge < -0.3 is 0 Å². The standard InChI is InChI=1S/C7H7F3NS/c1-11-4-2-6(3-5-11)12-7(8,9)10/h2-5H,1H3/q+1. The van der Waals surface area contributed by atoms with Crippen molar-refractivity contribution in [1.29, 1.82) is 0 Å². The van der Waals surface area contributed by atoms with Crippen LogP contribution in [0.15, 0.2) is 29.4 Å². The van der Waals surface area contributed by atoms with Crippen molar-refractivity contribution in [1.82, 2.24) is 0 Å². The average molecular weight is 194 g/mol. The number of hydrogen-bond donors (Lipinski definition) is 0. The largest absolute Gasteiger partial charge is 0.446 e. The van der Waals surface area contributed by atoms with Crippen LogP contribution in [0, 0.1) is 0 Å². The molecule has 0 atom stereocenters. The van der Waals surface area contributed by atoms with Crippen LogP contribution in [-0.2, 0) is 7.05 Å². The third-order valence-electron chi connectivity index (χ3n) is 1.18. The third kappa shape index (κ3) is 3.13. The lowest BCUT2D eigenvalue weighted by Gasteiger charge is -2.03. The molecule has 0 aromatic carbocycles. The summed E-state index contributed by atoms with van der Waals surface area (Å²) in [4.78, 5) is 0.209. The van der Waals surface area contributed by atoms with Gasteiger partial charge in [0.15, 0.2) is 12.4 Å². The molecule has 66 valence electrons. The van der Waals surface area contributed by atoms with Crippen molar-refractivity contribution >= 4 is 11.8 Å². The van der Waals surface area contributed by atoms with Gasteiger partial charge in [-0.3, -0.25) is 0 Å². The Morgan fingerprint density at radius 1 is 1.25 bits per heavy atom. The topological polar surface area (TPSA) is 3.88 Å². The molecule has 0 saturated carbocycles. The van der Waals surface area contributed by atoms with Crippen LogP contribution < -0.4 is 4.57 Å². The Kier molecular flexibility index (Phi) is 2.62. The number of alkyl halides is 3. The molecule has 0 bridgehead atoms. The highest BCUT2D eigenvalue weighted by molar-refractivity contribution is 8.00.